The maximum atomic E-state index is 13.9. The first-order chi connectivity index (χ1) is 17.7. The molecule has 0 saturated carbocycles. The molecule has 9 nitrogen and oxygen atoms in total. The molecule has 4 aromatic rings. The van der Waals surface area contributed by atoms with Crippen LogP contribution < -0.4 is 15.4 Å². The third-order valence-corrected chi connectivity index (χ3v) is 6.63. The molecule has 2 aromatic heterocycles. The summed E-state index contributed by atoms with van der Waals surface area (Å²) in [6.45, 7) is 0. The second kappa shape index (κ2) is 9.58. The number of halogens is 3. The predicted molar refractivity (Wildman–Crippen MR) is 130 cm³/mol. The summed E-state index contributed by atoms with van der Waals surface area (Å²) in [7, 11) is 0. The molecule has 0 aliphatic carbocycles. The number of benzene rings is 2. The zero-order chi connectivity index (χ0) is 26.2. The summed E-state index contributed by atoms with van der Waals surface area (Å²) in [5.41, 5.74) is -0.598. The number of rotatable bonds is 6. The van der Waals surface area contributed by atoms with Gasteiger partial charge in [0.15, 0.2) is 11.7 Å². The van der Waals surface area contributed by atoms with Crippen molar-refractivity contribution in [3.8, 4) is 11.5 Å². The van der Waals surface area contributed by atoms with Gasteiger partial charge < -0.3 is 15.4 Å². The first-order valence-corrected chi connectivity index (χ1v) is 11.9. The lowest BCUT2D eigenvalue weighted by Gasteiger charge is -2.32. The van der Waals surface area contributed by atoms with E-state index in [0.29, 0.717) is 5.75 Å². The molecule has 0 spiro atoms. The van der Waals surface area contributed by atoms with Gasteiger partial charge in [0.2, 0.25) is 0 Å². The molecule has 1 aliphatic rings. The summed E-state index contributed by atoms with van der Waals surface area (Å²) < 4.78 is 48.0. The highest BCUT2D eigenvalue weighted by Crippen LogP contribution is 2.44. The van der Waals surface area contributed by atoms with Crippen LogP contribution in [-0.2, 0) is 0 Å². The predicted octanol–water partition coefficient (Wildman–Crippen LogP) is 6.56. The fourth-order valence-electron chi connectivity index (χ4n) is 4.00. The number of nitrogens with zero attached hydrogens (tertiary/aromatic N) is 3. The Labute approximate surface area is 211 Å². The van der Waals surface area contributed by atoms with Crippen LogP contribution in [0.15, 0.2) is 72.1 Å². The molecule has 2 atom stereocenters. The average Bonchev–Trinajstić information content (AvgIpc) is 3.53. The fourth-order valence-corrected chi connectivity index (χ4v) is 4.79. The first-order valence-electron chi connectivity index (χ1n) is 11.0. The van der Waals surface area contributed by atoms with E-state index in [1.807, 2.05) is 0 Å². The highest BCUT2D eigenvalue weighted by molar-refractivity contribution is 7.10. The van der Waals surface area contributed by atoms with Crippen molar-refractivity contribution in [2.75, 3.05) is 10.6 Å². The summed E-state index contributed by atoms with van der Waals surface area (Å²) in [6, 6.07) is 14.4. The molecule has 0 unspecified atom stereocenters. The lowest BCUT2D eigenvalue weighted by Crippen LogP contribution is -2.35. The van der Waals surface area contributed by atoms with Crippen molar-refractivity contribution in [3.05, 3.63) is 92.8 Å². The van der Waals surface area contributed by atoms with Crippen molar-refractivity contribution in [2.45, 2.75) is 24.7 Å². The van der Waals surface area contributed by atoms with Gasteiger partial charge in [0, 0.05) is 29.5 Å². The number of non-ortho nitro benzene ring substituents is 1. The van der Waals surface area contributed by atoms with E-state index in [0.717, 1.165) is 15.6 Å². The zero-order valence-corrected chi connectivity index (χ0v) is 19.6. The highest BCUT2D eigenvalue weighted by atomic mass is 32.1. The summed E-state index contributed by atoms with van der Waals surface area (Å²) in [5, 5.41) is 22.6. The van der Waals surface area contributed by atoms with E-state index >= 15 is 0 Å². The number of nitro groups is 1. The van der Waals surface area contributed by atoms with Crippen molar-refractivity contribution in [1.29, 1.82) is 0 Å². The molecule has 0 fully saturated rings. The van der Waals surface area contributed by atoms with Crippen LogP contribution in [0.3, 0.4) is 0 Å². The minimum Gasteiger partial charge on any atom is -0.457 e. The molecule has 3 heterocycles. The van der Waals surface area contributed by atoms with E-state index in [1.165, 1.54) is 29.5 Å². The fraction of sp³-hybridized carbons (Fsp3) is 0.167. The van der Waals surface area contributed by atoms with Crippen molar-refractivity contribution in [2.24, 2.45) is 0 Å². The number of hydrogen-bond donors (Lipinski definition) is 2. The van der Waals surface area contributed by atoms with E-state index < -0.39 is 29.1 Å². The number of carbonyl (C=O) groups excluding carboxylic acids is 1. The van der Waals surface area contributed by atoms with Crippen LogP contribution in [0.1, 0.15) is 33.9 Å². The summed E-state index contributed by atoms with van der Waals surface area (Å²) in [6.07, 6.45) is -4.87. The van der Waals surface area contributed by atoms with E-state index in [1.54, 1.807) is 47.8 Å². The lowest BCUT2D eigenvalue weighted by molar-refractivity contribution is -0.384. The van der Waals surface area contributed by atoms with E-state index in [2.05, 4.69) is 15.7 Å². The van der Waals surface area contributed by atoms with Gasteiger partial charge in [-0.3, -0.25) is 14.9 Å². The Morgan fingerprint density at radius 1 is 1.14 bits per heavy atom. The summed E-state index contributed by atoms with van der Waals surface area (Å²) in [4.78, 5) is 24.4. The number of nitro benzene ring substituents is 1. The quantitative estimate of drug-likeness (QED) is 0.216. The van der Waals surface area contributed by atoms with Gasteiger partial charge in [0.1, 0.15) is 17.3 Å². The molecule has 2 aromatic carbocycles. The first kappa shape index (κ1) is 24.3. The minimum absolute atomic E-state index is 0.0212. The highest BCUT2D eigenvalue weighted by Gasteiger charge is 2.47. The Kier molecular flexibility index (Phi) is 6.29. The van der Waals surface area contributed by atoms with E-state index in [4.69, 9.17) is 4.74 Å². The molecule has 0 radical (unpaired) electrons. The Morgan fingerprint density at radius 3 is 2.59 bits per heavy atom. The number of carbonyl (C=O) groups is 1. The van der Waals surface area contributed by atoms with Crippen LogP contribution >= 0.6 is 11.3 Å². The number of alkyl halides is 3. The van der Waals surface area contributed by atoms with Gasteiger partial charge in [-0.1, -0.05) is 24.3 Å². The van der Waals surface area contributed by atoms with Gasteiger partial charge in [0.05, 0.1) is 22.7 Å². The van der Waals surface area contributed by atoms with E-state index in [-0.39, 0.29) is 35.1 Å². The second-order valence-corrected chi connectivity index (χ2v) is 9.19. The van der Waals surface area contributed by atoms with Crippen molar-refractivity contribution in [3.63, 3.8) is 0 Å². The monoisotopic (exact) mass is 529 g/mol. The van der Waals surface area contributed by atoms with Gasteiger partial charge in [0.25, 0.3) is 11.6 Å². The third kappa shape index (κ3) is 5.26. The number of fused-ring (bicyclic) bond motifs is 1. The van der Waals surface area contributed by atoms with Crippen molar-refractivity contribution >= 4 is 34.4 Å². The van der Waals surface area contributed by atoms with Crippen LogP contribution in [0.4, 0.5) is 30.4 Å². The van der Waals surface area contributed by atoms with E-state index in [9.17, 15) is 28.1 Å². The SMILES string of the molecule is O=C(Nc1cc(Oc2ccccc2)cc([N+](=O)[O-])c1)c1cc2n(n1)[C@@H](C(F)(F)F)C[C@H](c1cccs1)N2. The number of para-hydroxylation sites is 1. The Hall–Kier alpha value is -4.39. The van der Waals surface area contributed by atoms with Gasteiger partial charge in [-0.15, -0.1) is 11.3 Å². The van der Waals surface area contributed by atoms with Gasteiger partial charge >= 0.3 is 6.18 Å². The van der Waals surface area contributed by atoms with Crippen LogP contribution in [0, 0.1) is 10.1 Å². The van der Waals surface area contributed by atoms with Crippen LogP contribution in [0.5, 0.6) is 11.5 Å². The largest absolute Gasteiger partial charge is 0.457 e. The Morgan fingerprint density at radius 2 is 1.92 bits per heavy atom. The number of ether oxygens (including phenoxy) is 1. The smallest absolute Gasteiger partial charge is 0.410 e. The second-order valence-electron chi connectivity index (χ2n) is 8.21. The zero-order valence-electron chi connectivity index (χ0n) is 18.8. The molecule has 190 valence electrons. The minimum atomic E-state index is -4.59. The van der Waals surface area contributed by atoms with Crippen molar-refractivity contribution < 1.29 is 27.6 Å². The molecule has 1 amide bonds. The molecule has 2 N–H and O–H groups in total. The maximum Gasteiger partial charge on any atom is 0.410 e. The van der Waals surface area contributed by atoms with Crippen LogP contribution in [0.2, 0.25) is 0 Å². The van der Waals surface area contributed by atoms with Gasteiger partial charge in [-0.2, -0.15) is 18.3 Å². The Balaban J connectivity index is 1.42. The summed E-state index contributed by atoms with van der Waals surface area (Å²) >= 11 is 1.33. The number of anilines is 2. The Bertz CT molecular complexity index is 1440. The molecular weight excluding hydrogens is 511 g/mol. The van der Waals surface area contributed by atoms with Gasteiger partial charge in [-0.05, 0) is 23.6 Å². The van der Waals surface area contributed by atoms with Gasteiger partial charge in [-0.25, -0.2) is 4.68 Å². The maximum absolute atomic E-state index is 13.9. The van der Waals surface area contributed by atoms with Crippen LogP contribution in [-0.4, -0.2) is 26.8 Å². The average molecular weight is 530 g/mol. The number of aromatic nitrogens is 2. The molecular formula is C24H18F3N5O4S. The topological polar surface area (TPSA) is 111 Å². The van der Waals surface area contributed by atoms with Crippen molar-refractivity contribution in [1.82, 2.24) is 9.78 Å². The molecule has 5 rings (SSSR count). The molecule has 13 heteroatoms. The number of hydrogen-bond acceptors (Lipinski definition) is 7. The number of amides is 1. The number of thiophene rings is 1. The third-order valence-electron chi connectivity index (χ3n) is 5.65. The summed E-state index contributed by atoms with van der Waals surface area (Å²) in [5.74, 6) is -0.267. The molecule has 0 saturated heterocycles. The molecule has 1 aliphatic heterocycles. The van der Waals surface area contributed by atoms with Crippen LogP contribution in [0.25, 0.3) is 0 Å². The molecule has 37 heavy (non-hydrogen) atoms. The molecule has 0 bridgehead atoms. The standard InChI is InChI=1S/C24H18F3N5O4S/c25-24(26,27)21-12-18(20-7-4-8-37-20)29-22-13-19(30-31(21)22)23(33)28-14-9-15(32(34)35)11-17(10-14)36-16-5-2-1-3-6-16/h1-11,13,18,21,29H,12H2,(H,28,33)/t18-,21-/m1/s1. The number of nitrogens with one attached hydrogen (secondary N) is 2. The normalized spacial score (nSPS) is 16.9. The lowest BCUT2D eigenvalue weighted by atomic mass is 10.0.